The highest BCUT2D eigenvalue weighted by Gasteiger charge is 2.39. The van der Waals surface area contributed by atoms with Crippen LogP contribution in [0.3, 0.4) is 0 Å². The highest BCUT2D eigenvalue weighted by atomic mass is 35.5. The molecule has 0 aliphatic carbocycles. The van der Waals surface area contributed by atoms with E-state index < -0.39 is 22.8 Å². The van der Waals surface area contributed by atoms with Gasteiger partial charge in [-0.2, -0.15) is 18.3 Å². The lowest BCUT2D eigenvalue weighted by Crippen LogP contribution is -2.35. The molecule has 5 nitrogen and oxygen atoms in total. The summed E-state index contributed by atoms with van der Waals surface area (Å²) in [6.07, 6.45) is -4.00. The maximum absolute atomic E-state index is 12.8. The third-order valence-corrected chi connectivity index (χ3v) is 4.34. The van der Waals surface area contributed by atoms with Gasteiger partial charge in [0.25, 0.3) is 5.91 Å². The zero-order valence-corrected chi connectivity index (χ0v) is 14.0. The molecule has 1 aromatic heterocycles. The van der Waals surface area contributed by atoms with Crippen LogP contribution >= 0.6 is 11.6 Å². The van der Waals surface area contributed by atoms with Gasteiger partial charge in [0.1, 0.15) is 16.5 Å². The molecule has 1 atom stereocenters. The van der Waals surface area contributed by atoms with Crippen LogP contribution in [0.25, 0.3) is 0 Å². The van der Waals surface area contributed by atoms with Crippen LogP contribution in [0.15, 0.2) is 24.3 Å². The summed E-state index contributed by atoms with van der Waals surface area (Å²) < 4.78 is 44.9. The Morgan fingerprint density at radius 2 is 2.16 bits per heavy atom. The van der Waals surface area contributed by atoms with Crippen molar-refractivity contribution in [1.29, 1.82) is 0 Å². The topological polar surface area (TPSA) is 56.2 Å². The molecular weight excluding hydrogens is 359 g/mol. The van der Waals surface area contributed by atoms with Crippen LogP contribution in [0.2, 0.25) is 5.02 Å². The number of aryl methyl sites for hydroxylation is 1. The van der Waals surface area contributed by atoms with Crippen LogP contribution in [0.4, 0.5) is 13.2 Å². The molecule has 9 heteroatoms. The number of hydrogen-bond acceptors (Lipinski definition) is 3. The Labute approximate surface area is 146 Å². The number of amides is 1. The second-order valence-corrected chi connectivity index (χ2v) is 6.21. The van der Waals surface area contributed by atoms with Gasteiger partial charge in [-0.25, -0.2) is 0 Å². The molecule has 134 valence electrons. The molecule has 0 spiro atoms. The number of carbonyl (C=O) groups is 1. The first-order valence-corrected chi connectivity index (χ1v) is 7.93. The predicted octanol–water partition coefficient (Wildman–Crippen LogP) is 3.07. The van der Waals surface area contributed by atoms with E-state index in [1.807, 2.05) is 24.3 Å². The van der Waals surface area contributed by atoms with Crippen LogP contribution in [0.5, 0.6) is 5.75 Å². The van der Waals surface area contributed by atoms with Crippen LogP contribution in [0, 0.1) is 5.92 Å². The molecule has 1 aromatic carbocycles. The fourth-order valence-corrected chi connectivity index (χ4v) is 3.12. The van der Waals surface area contributed by atoms with Crippen molar-refractivity contribution in [3.05, 3.63) is 46.2 Å². The van der Waals surface area contributed by atoms with Crippen molar-refractivity contribution < 1.29 is 22.7 Å². The van der Waals surface area contributed by atoms with Gasteiger partial charge in [0.15, 0.2) is 5.69 Å². The van der Waals surface area contributed by atoms with Crippen molar-refractivity contribution in [1.82, 2.24) is 15.1 Å². The molecule has 3 rings (SSSR count). The Kier molecular flexibility index (Phi) is 4.64. The summed E-state index contributed by atoms with van der Waals surface area (Å²) in [7, 11) is 1.25. The second-order valence-electron chi connectivity index (χ2n) is 5.83. The lowest BCUT2D eigenvalue weighted by atomic mass is 9.97. The van der Waals surface area contributed by atoms with Gasteiger partial charge in [-0.1, -0.05) is 29.8 Å². The van der Waals surface area contributed by atoms with E-state index in [1.54, 1.807) is 0 Å². The zero-order chi connectivity index (χ0) is 18.2. The van der Waals surface area contributed by atoms with E-state index in [-0.39, 0.29) is 18.2 Å². The Balaban J connectivity index is 1.67. The Morgan fingerprint density at radius 3 is 2.84 bits per heavy atom. The van der Waals surface area contributed by atoms with E-state index in [4.69, 9.17) is 16.3 Å². The minimum atomic E-state index is -4.71. The Bertz CT molecular complexity index is 804. The Morgan fingerprint density at radius 1 is 1.44 bits per heavy atom. The van der Waals surface area contributed by atoms with Crippen molar-refractivity contribution in [3.8, 4) is 5.75 Å². The summed E-state index contributed by atoms with van der Waals surface area (Å²) in [5.74, 6) is 0.136. The van der Waals surface area contributed by atoms with E-state index in [1.165, 1.54) is 7.05 Å². The van der Waals surface area contributed by atoms with Crippen LogP contribution in [-0.4, -0.2) is 28.8 Å². The van der Waals surface area contributed by atoms with Gasteiger partial charge in [-0.3, -0.25) is 9.48 Å². The fraction of sp³-hybridized carbons (Fsp3) is 0.375. The normalized spacial score (nSPS) is 16.9. The number of alkyl halides is 3. The number of para-hydroxylation sites is 1. The summed E-state index contributed by atoms with van der Waals surface area (Å²) in [6, 6.07) is 7.59. The van der Waals surface area contributed by atoms with Gasteiger partial charge in [-0.15, -0.1) is 0 Å². The molecule has 0 unspecified atom stereocenters. The first kappa shape index (κ1) is 17.6. The highest BCUT2D eigenvalue weighted by Crippen LogP contribution is 2.35. The van der Waals surface area contributed by atoms with Gasteiger partial charge < -0.3 is 10.1 Å². The van der Waals surface area contributed by atoms with Crippen molar-refractivity contribution >= 4 is 17.5 Å². The summed E-state index contributed by atoms with van der Waals surface area (Å²) in [4.78, 5) is 12.3. The van der Waals surface area contributed by atoms with Gasteiger partial charge in [0.05, 0.1) is 6.61 Å². The van der Waals surface area contributed by atoms with Crippen molar-refractivity contribution in [2.24, 2.45) is 13.0 Å². The van der Waals surface area contributed by atoms with Crippen molar-refractivity contribution in [2.75, 3.05) is 13.2 Å². The third kappa shape index (κ3) is 3.58. The number of ether oxygens (including phenoxy) is 1. The smallest absolute Gasteiger partial charge is 0.436 e. The van der Waals surface area contributed by atoms with E-state index in [0.717, 1.165) is 16.0 Å². The first-order chi connectivity index (χ1) is 11.8. The molecule has 1 aliphatic heterocycles. The fourth-order valence-electron chi connectivity index (χ4n) is 2.77. The highest BCUT2D eigenvalue weighted by molar-refractivity contribution is 6.34. The quantitative estimate of drug-likeness (QED) is 0.899. The number of fused-ring (bicyclic) bond motifs is 1. The number of nitrogens with zero attached hydrogens (tertiary/aromatic N) is 2. The molecular formula is C16H15ClF3N3O2. The summed E-state index contributed by atoms with van der Waals surface area (Å²) in [5, 5.41) is 5.22. The monoisotopic (exact) mass is 373 g/mol. The second kappa shape index (κ2) is 6.59. The van der Waals surface area contributed by atoms with Crippen molar-refractivity contribution in [3.63, 3.8) is 0 Å². The summed E-state index contributed by atoms with van der Waals surface area (Å²) >= 11 is 5.71. The number of nitrogens with one attached hydrogen (secondary N) is 1. The number of aromatic nitrogens is 2. The van der Waals surface area contributed by atoms with Gasteiger partial charge >= 0.3 is 6.18 Å². The Hall–Kier alpha value is -2.22. The largest absolute Gasteiger partial charge is 0.493 e. The first-order valence-electron chi connectivity index (χ1n) is 7.56. The lowest BCUT2D eigenvalue weighted by Gasteiger charge is -2.25. The number of halogens is 4. The van der Waals surface area contributed by atoms with E-state index in [9.17, 15) is 18.0 Å². The number of rotatable bonds is 3. The van der Waals surface area contributed by atoms with Gasteiger partial charge in [0.2, 0.25) is 0 Å². The van der Waals surface area contributed by atoms with E-state index in [0.29, 0.717) is 13.0 Å². The molecule has 1 aliphatic rings. The minimum Gasteiger partial charge on any atom is -0.493 e. The van der Waals surface area contributed by atoms with Crippen LogP contribution in [0.1, 0.15) is 21.7 Å². The molecule has 2 aromatic rings. The molecule has 0 fully saturated rings. The molecule has 1 amide bonds. The number of carbonyl (C=O) groups excluding carboxylic acids is 1. The van der Waals surface area contributed by atoms with E-state index >= 15 is 0 Å². The average molecular weight is 374 g/mol. The van der Waals surface area contributed by atoms with Crippen LogP contribution < -0.4 is 10.1 Å². The van der Waals surface area contributed by atoms with Gasteiger partial charge in [0, 0.05) is 19.5 Å². The van der Waals surface area contributed by atoms with Crippen LogP contribution in [-0.2, 0) is 19.6 Å². The molecule has 0 bridgehead atoms. The van der Waals surface area contributed by atoms with E-state index in [2.05, 4.69) is 10.4 Å². The SMILES string of the molecule is Cn1nc(C(F)(F)F)c(Cl)c1C(=O)NC[C@H]1COc2ccccc2C1. The standard InChI is InChI=1S/C16H15ClF3N3O2/c1-23-13(12(17)14(22-23)16(18,19)20)15(24)21-7-9-6-10-4-2-3-5-11(10)25-8-9/h2-5,9H,6-8H2,1H3,(H,21,24)/t9-/m0/s1. The molecule has 25 heavy (non-hydrogen) atoms. The summed E-state index contributed by atoms with van der Waals surface area (Å²) in [6.45, 7) is 0.681. The maximum Gasteiger partial charge on any atom is 0.436 e. The molecule has 0 saturated carbocycles. The lowest BCUT2D eigenvalue weighted by molar-refractivity contribution is -0.141. The zero-order valence-electron chi connectivity index (χ0n) is 13.2. The molecule has 0 radical (unpaired) electrons. The summed E-state index contributed by atoms with van der Waals surface area (Å²) in [5.41, 5.74) is -0.547. The maximum atomic E-state index is 12.8. The third-order valence-electron chi connectivity index (χ3n) is 3.98. The average Bonchev–Trinajstić information content (AvgIpc) is 2.87. The molecule has 1 N–H and O–H groups in total. The van der Waals surface area contributed by atoms with Crippen molar-refractivity contribution in [2.45, 2.75) is 12.6 Å². The number of hydrogen-bond donors (Lipinski definition) is 1. The number of benzene rings is 1. The van der Waals surface area contributed by atoms with Gasteiger partial charge in [-0.05, 0) is 18.1 Å². The minimum absolute atomic E-state index is 0.0212. The molecule has 0 saturated heterocycles. The predicted molar refractivity (Wildman–Crippen MR) is 84.7 cm³/mol. The molecule has 2 heterocycles.